The monoisotopic (exact) mass is 2010 g/mol. The summed E-state index contributed by atoms with van der Waals surface area (Å²) in [7, 11) is -36.1. The number of rotatable bonds is 19. The Morgan fingerprint density at radius 1 is 0.331 bits per heavy atom. The minimum absolute atomic E-state index is 0. The summed E-state index contributed by atoms with van der Waals surface area (Å²) in [5.74, 6) is -4.66. The van der Waals surface area contributed by atoms with Gasteiger partial charge in [0.1, 0.15) is 35.4 Å². The number of phenolic OH excluding ortho intramolecular Hbond substituents is 2. The molecule has 41 nitrogen and oxygen atoms in total. The zero-order valence-corrected chi connectivity index (χ0v) is 78.3. The summed E-state index contributed by atoms with van der Waals surface area (Å²) >= 11 is 0. The maximum absolute atomic E-state index is 15.5. The molecule has 4 aromatic heterocycles. The Kier molecular flexibility index (Phi) is 22.4. The summed E-state index contributed by atoms with van der Waals surface area (Å²) in [6.45, 7) is 3.84. The van der Waals surface area contributed by atoms with Crippen LogP contribution in [0.3, 0.4) is 0 Å². The number of aromatic nitrogens is 11. The fraction of sp³-hybridized carbons (Fsp3) is 0.0690. The van der Waals surface area contributed by atoms with E-state index in [1.165, 1.54) is 130 Å². The molecule has 0 radical (unpaired) electrons. The zero-order chi connectivity index (χ0) is 95.4. The van der Waals surface area contributed by atoms with Crippen LogP contribution in [0.1, 0.15) is 55.2 Å². The second-order valence-corrected chi connectivity index (χ2v) is 42.8. The summed E-state index contributed by atoms with van der Waals surface area (Å²) in [6, 6.07) is 39.8. The van der Waals surface area contributed by atoms with Gasteiger partial charge in [-0.15, -0.1) is 20.5 Å². The molecular weight excluding hydrogens is 1950 g/mol. The van der Waals surface area contributed by atoms with E-state index in [2.05, 4.69) is 56.1 Å². The zero-order valence-electron chi connectivity index (χ0n) is 69.7. The second-order valence-electron chi connectivity index (χ2n) is 31.5. The van der Waals surface area contributed by atoms with Crippen molar-refractivity contribution in [1.82, 2.24) is 54.8 Å². The van der Waals surface area contributed by atoms with Crippen LogP contribution in [0.2, 0.25) is 0 Å². The van der Waals surface area contributed by atoms with Crippen molar-refractivity contribution in [3.8, 4) is 11.5 Å². The number of nitrogens with zero attached hydrogens (tertiary/aromatic N) is 15. The molecule has 3 atom stereocenters. The quantitative estimate of drug-likeness (QED) is 0.0203. The number of sulfonamides is 1. The minimum atomic E-state index is -5.45. The van der Waals surface area contributed by atoms with Gasteiger partial charge in [0.05, 0.1) is 61.5 Å². The molecule has 3 unspecified atom stereocenters. The normalized spacial score (nSPS) is 17.5. The van der Waals surface area contributed by atoms with Gasteiger partial charge >= 0.3 is 19.5 Å². The predicted octanol–water partition coefficient (Wildman–Crippen LogP) is 15.2. The molecule has 0 amide bonds. The van der Waals surface area contributed by atoms with Crippen molar-refractivity contribution < 1.29 is 116 Å². The number of allylic oxidation sites excluding steroid dienone is 8. The SMILES string of the molecule is CC1(S(=O)(=O)O)C=CC2=C(C=C1)c1nc2nc2[n-]c(nc3nc(nc4[n-]c(n1)c1ccccc41)C1=C3C=CC(C)(S(=O)(=O)Nc3cccc(Nc4nc(Nc5cc(S(=O)(=O)O)cc6cc(S(=O)(=O)O)c(N=Nc7cccc8ccccc78)c(O)c56)nc(Nc5cc(S(=O)(=O)O)cc6cc(S(=O)(=O)O)c(N=Nc7cccc8ccccc78)c(O)c56)n4)c3)C=C1)c1c2C=CC(C)(S(=O)(=O)O)C=C1.[Zn+2]. The summed E-state index contributed by atoms with van der Waals surface area (Å²) < 4.78 is 250. The number of aromatic hydroxyl groups is 2. The molecule has 3 aliphatic carbocycles. The third-order valence-corrected chi connectivity index (χ3v) is 30.6. The van der Waals surface area contributed by atoms with E-state index < -0.39 is 178 Å². The fourth-order valence-electron chi connectivity index (χ4n) is 15.4. The molecule has 5 aliphatic rings. The van der Waals surface area contributed by atoms with Crippen molar-refractivity contribution in [3.05, 3.63) is 265 Å². The van der Waals surface area contributed by atoms with E-state index >= 15 is 8.42 Å². The molecule has 14 aromatic rings. The van der Waals surface area contributed by atoms with Gasteiger partial charge < -0.3 is 56.1 Å². The van der Waals surface area contributed by atoms with Crippen molar-refractivity contribution in [2.24, 2.45) is 20.5 Å². The molecule has 0 spiro atoms. The van der Waals surface area contributed by atoms with E-state index in [0.717, 1.165) is 24.3 Å². The molecule has 12 N–H and O–H groups in total. The molecule has 0 fully saturated rings. The first-order chi connectivity index (χ1) is 63.7. The molecule has 19 rings (SSSR count). The van der Waals surface area contributed by atoms with Gasteiger partial charge in [-0.2, -0.15) is 65.5 Å². The Bertz CT molecular complexity index is 8870. The molecule has 0 saturated carbocycles. The van der Waals surface area contributed by atoms with Gasteiger partial charge in [-0.3, -0.25) is 32.0 Å². The van der Waals surface area contributed by atoms with E-state index in [-0.39, 0.29) is 122 Å². The van der Waals surface area contributed by atoms with E-state index in [1.807, 2.05) is 0 Å². The van der Waals surface area contributed by atoms with Crippen LogP contribution in [0.5, 0.6) is 11.5 Å². The summed E-state index contributed by atoms with van der Waals surface area (Å²) in [4.78, 5) is 48.4. The predicted molar refractivity (Wildman–Crippen MR) is 500 cm³/mol. The number of hydrogen-bond donors (Lipinski definition) is 12. The van der Waals surface area contributed by atoms with Gasteiger partial charge in [-0.05, 0) is 131 Å². The Hall–Kier alpha value is -14.7. The smallest absolute Gasteiger partial charge is 0.505 e. The minimum Gasteiger partial charge on any atom is -0.505 e. The molecule has 136 heavy (non-hydrogen) atoms. The van der Waals surface area contributed by atoms with Gasteiger partial charge in [0.25, 0.3) is 60.7 Å². The molecule has 680 valence electrons. The molecule has 2 aliphatic heterocycles. The van der Waals surface area contributed by atoms with E-state index in [0.29, 0.717) is 44.5 Å². The Morgan fingerprint density at radius 3 is 1.07 bits per heavy atom. The van der Waals surface area contributed by atoms with Crippen LogP contribution in [0.4, 0.5) is 63.3 Å². The summed E-state index contributed by atoms with van der Waals surface area (Å²) in [5.41, 5.74) is -2.20. The van der Waals surface area contributed by atoms with Crippen LogP contribution >= 0.6 is 0 Å². The van der Waals surface area contributed by atoms with Crippen LogP contribution in [-0.4, -0.2) is 156 Å². The van der Waals surface area contributed by atoms with Crippen LogP contribution in [0.25, 0.3) is 111 Å². The molecular formula is C87H61N19O22S7Zn. The summed E-state index contributed by atoms with van der Waals surface area (Å²) in [5, 5.41) is 50.9. The van der Waals surface area contributed by atoms with Crippen molar-refractivity contribution in [3.63, 3.8) is 0 Å². The molecule has 0 saturated heterocycles. The van der Waals surface area contributed by atoms with Gasteiger partial charge in [-0.25, -0.2) is 18.4 Å². The number of anilines is 7. The third-order valence-electron chi connectivity index (χ3n) is 22.5. The van der Waals surface area contributed by atoms with Gasteiger partial charge in [0.15, 0.2) is 11.5 Å². The first kappa shape index (κ1) is 91.8. The summed E-state index contributed by atoms with van der Waals surface area (Å²) in [6.07, 6.45) is 15.8. The molecule has 8 bridgehead atoms. The first-order valence-corrected chi connectivity index (χ1v) is 49.6. The fourth-order valence-corrected chi connectivity index (χ4v) is 19.9. The van der Waals surface area contributed by atoms with Crippen molar-refractivity contribution >= 4 is 245 Å². The Morgan fingerprint density at radius 2 is 0.676 bits per heavy atom. The second kappa shape index (κ2) is 33.1. The standard InChI is InChI=1S/C87H61N19O22S7.Zn/c1-85(31-25-56-57(26-32-85)77-94-76(56)92-74-54-21-8-9-22-55(54)75(91-74)93-78-58-27-33-86(2,134(123,124)125)34-28-59(58)80(96-78)98-81-61-30-36-87(3,135(126,127)128)35-29-60(61)79(95-77)97-81)133(121,122)106-49-18-12-17-48(41-49)88-82-99-83(89-64-42-50(129(109,110)111)37-46-39-66(131(115,116)117)70(72(107)68(46)64)104-102-62-23-10-15-44-13-4-6-19-52(44)62)101-84(100-82)90-65-43-51(130(112,113)114)38-47-40-67(132(118,119)120)71(73(108)69(47)65)105-103-63-24-11-16-45-14-5-7-20-53(45)63;/h4-43,106H,1-3H3,(H11-2,88,89,90,91,92,93,94,95,96,97,98,99,100,101,102,103,104,105,107,108,109,110,111,112,113,114,115,116,117,118,119,120,123,124,125,126,127,128);/q-2;+2. The largest absolute Gasteiger partial charge is 2.00 e. The van der Waals surface area contributed by atoms with Crippen molar-refractivity contribution in [1.29, 1.82) is 0 Å². The van der Waals surface area contributed by atoms with E-state index in [9.17, 15) is 88.0 Å². The Labute approximate surface area is 782 Å². The number of nitrogens with one attached hydrogen (secondary N) is 4. The average molecular weight is 2010 g/mol. The number of phenols is 2. The maximum atomic E-state index is 15.5. The van der Waals surface area contributed by atoms with E-state index in [1.54, 1.807) is 97.1 Å². The number of benzene rings is 10. The average Bonchev–Trinajstić information content (AvgIpc) is 1.67. The van der Waals surface area contributed by atoms with Crippen molar-refractivity contribution in [2.45, 2.75) is 54.6 Å². The van der Waals surface area contributed by atoms with Crippen LogP contribution in [0.15, 0.2) is 271 Å². The van der Waals surface area contributed by atoms with Crippen LogP contribution < -0.4 is 30.6 Å². The molecule has 10 aromatic carbocycles. The number of fused-ring (bicyclic) bond motifs is 22. The topological polar surface area (TPSA) is 643 Å². The number of hydrogen-bond acceptors (Lipinski definition) is 32. The van der Waals surface area contributed by atoms with Gasteiger partial charge in [0, 0.05) is 72.1 Å². The third kappa shape index (κ3) is 16.9. The van der Waals surface area contributed by atoms with Crippen LogP contribution in [-0.2, 0) is 90.2 Å². The van der Waals surface area contributed by atoms with Crippen molar-refractivity contribution in [2.75, 3.05) is 20.7 Å². The van der Waals surface area contributed by atoms with Gasteiger partial charge in [0.2, 0.25) is 27.9 Å². The molecule has 49 heteroatoms. The van der Waals surface area contributed by atoms with Crippen LogP contribution in [0, 0.1) is 0 Å². The first-order valence-electron chi connectivity index (χ1n) is 39.4. The maximum Gasteiger partial charge on any atom is 2.00 e. The van der Waals surface area contributed by atoms with E-state index in [4.69, 9.17) is 39.9 Å². The number of azo groups is 2. The molecule has 6 heterocycles. The van der Waals surface area contributed by atoms with Gasteiger partial charge in [-0.1, -0.05) is 176 Å². The Balaban J connectivity index is 0.0000123.